The maximum absolute atomic E-state index is 12.4. The minimum absolute atomic E-state index is 0.152. The second-order valence-electron chi connectivity index (χ2n) is 4.72. The number of nitrogens with one attached hydrogen (secondary N) is 1. The lowest BCUT2D eigenvalue weighted by Gasteiger charge is -2.30. The zero-order valence-corrected chi connectivity index (χ0v) is 11.7. The standard InChI is InChI=1S/C17H16N2O2/c1-21-15-12-19(14-10-6-3-7-11-14)17(20)18-16(15)13-8-4-2-5-9-13/h2-11H,12H2,1H3,(H,18,20). The fourth-order valence-corrected chi connectivity index (χ4v) is 2.36. The molecule has 0 spiro atoms. The molecule has 0 fully saturated rings. The normalized spacial score (nSPS) is 14.9. The zero-order chi connectivity index (χ0) is 14.7. The van der Waals surface area contributed by atoms with E-state index in [9.17, 15) is 4.79 Å². The number of amides is 2. The van der Waals surface area contributed by atoms with Crippen LogP contribution in [-0.2, 0) is 4.74 Å². The molecular formula is C17H16N2O2. The fourth-order valence-electron chi connectivity index (χ4n) is 2.36. The molecule has 2 aromatic carbocycles. The molecule has 2 aromatic rings. The lowest BCUT2D eigenvalue weighted by atomic mass is 10.1. The number of hydrogen-bond donors (Lipinski definition) is 1. The number of anilines is 1. The summed E-state index contributed by atoms with van der Waals surface area (Å²) in [6.45, 7) is 0.413. The summed E-state index contributed by atoms with van der Waals surface area (Å²) in [5, 5.41) is 2.92. The van der Waals surface area contributed by atoms with Gasteiger partial charge in [0, 0.05) is 11.3 Å². The van der Waals surface area contributed by atoms with E-state index >= 15 is 0 Å². The molecule has 1 aliphatic heterocycles. The fraction of sp³-hybridized carbons (Fsp3) is 0.118. The molecule has 4 nitrogen and oxygen atoms in total. The average Bonchev–Trinajstić information content (AvgIpc) is 2.56. The molecule has 106 valence electrons. The Hall–Kier alpha value is -2.75. The predicted octanol–water partition coefficient (Wildman–Crippen LogP) is 3.23. The van der Waals surface area contributed by atoms with Crippen LogP contribution in [0.25, 0.3) is 5.70 Å². The molecule has 0 unspecified atom stereocenters. The van der Waals surface area contributed by atoms with Crippen LogP contribution in [0.1, 0.15) is 5.56 Å². The van der Waals surface area contributed by atoms with Crippen molar-refractivity contribution in [1.29, 1.82) is 0 Å². The Morgan fingerprint density at radius 3 is 2.24 bits per heavy atom. The van der Waals surface area contributed by atoms with Crippen LogP contribution >= 0.6 is 0 Å². The van der Waals surface area contributed by atoms with Gasteiger partial charge in [0.1, 0.15) is 5.76 Å². The van der Waals surface area contributed by atoms with Gasteiger partial charge in [-0.3, -0.25) is 4.90 Å². The van der Waals surface area contributed by atoms with Crippen LogP contribution in [0, 0.1) is 0 Å². The van der Waals surface area contributed by atoms with Crippen LogP contribution in [0.15, 0.2) is 66.4 Å². The van der Waals surface area contributed by atoms with Gasteiger partial charge in [-0.05, 0) is 12.1 Å². The summed E-state index contributed by atoms with van der Waals surface area (Å²) < 4.78 is 5.48. The Kier molecular flexibility index (Phi) is 3.60. The number of nitrogens with zero attached hydrogens (tertiary/aromatic N) is 1. The third-order valence-electron chi connectivity index (χ3n) is 3.43. The molecule has 0 radical (unpaired) electrons. The molecule has 0 saturated carbocycles. The van der Waals surface area contributed by atoms with E-state index in [0.29, 0.717) is 6.54 Å². The van der Waals surface area contributed by atoms with Gasteiger partial charge in [0.25, 0.3) is 0 Å². The molecule has 3 rings (SSSR count). The van der Waals surface area contributed by atoms with Crippen molar-refractivity contribution in [3.05, 3.63) is 72.0 Å². The van der Waals surface area contributed by atoms with Gasteiger partial charge in [-0.25, -0.2) is 4.79 Å². The van der Waals surface area contributed by atoms with Crippen molar-refractivity contribution in [3.8, 4) is 0 Å². The van der Waals surface area contributed by atoms with Crippen LogP contribution < -0.4 is 10.2 Å². The third kappa shape index (κ3) is 2.60. The molecule has 0 saturated heterocycles. The lowest BCUT2D eigenvalue weighted by molar-refractivity contribution is 0.241. The molecular weight excluding hydrogens is 264 g/mol. The highest BCUT2D eigenvalue weighted by atomic mass is 16.5. The van der Waals surface area contributed by atoms with Crippen LogP contribution in [0.3, 0.4) is 0 Å². The van der Waals surface area contributed by atoms with Crippen LogP contribution in [0.4, 0.5) is 10.5 Å². The number of ether oxygens (including phenoxy) is 1. The van der Waals surface area contributed by atoms with E-state index in [-0.39, 0.29) is 6.03 Å². The predicted molar refractivity (Wildman–Crippen MR) is 82.7 cm³/mol. The van der Waals surface area contributed by atoms with Crippen molar-refractivity contribution in [2.45, 2.75) is 0 Å². The first-order valence-corrected chi connectivity index (χ1v) is 6.75. The van der Waals surface area contributed by atoms with Crippen LogP contribution in [-0.4, -0.2) is 19.7 Å². The Labute approximate surface area is 123 Å². The number of methoxy groups -OCH3 is 1. The first-order chi connectivity index (χ1) is 10.3. The van der Waals surface area contributed by atoms with Crippen molar-refractivity contribution in [1.82, 2.24) is 5.32 Å². The number of urea groups is 1. The van der Waals surface area contributed by atoms with E-state index in [1.165, 1.54) is 0 Å². The Balaban J connectivity index is 1.97. The Morgan fingerprint density at radius 1 is 1.00 bits per heavy atom. The molecule has 0 bridgehead atoms. The van der Waals surface area contributed by atoms with Crippen molar-refractivity contribution in [2.75, 3.05) is 18.6 Å². The van der Waals surface area contributed by atoms with E-state index < -0.39 is 0 Å². The average molecular weight is 280 g/mol. The molecule has 0 atom stereocenters. The minimum Gasteiger partial charge on any atom is -0.497 e. The Bertz CT molecular complexity index is 666. The first-order valence-electron chi connectivity index (χ1n) is 6.75. The minimum atomic E-state index is -0.152. The van der Waals surface area contributed by atoms with E-state index in [1.807, 2.05) is 60.7 Å². The number of rotatable bonds is 3. The van der Waals surface area contributed by atoms with E-state index in [2.05, 4.69) is 5.32 Å². The highest BCUT2D eigenvalue weighted by Crippen LogP contribution is 2.25. The van der Waals surface area contributed by atoms with Crippen molar-refractivity contribution in [2.24, 2.45) is 0 Å². The van der Waals surface area contributed by atoms with Gasteiger partial charge in [0.2, 0.25) is 0 Å². The van der Waals surface area contributed by atoms with Crippen molar-refractivity contribution in [3.63, 3.8) is 0 Å². The molecule has 1 N–H and O–H groups in total. The van der Waals surface area contributed by atoms with Gasteiger partial charge >= 0.3 is 6.03 Å². The second kappa shape index (κ2) is 5.71. The van der Waals surface area contributed by atoms with E-state index in [1.54, 1.807) is 12.0 Å². The molecule has 0 aromatic heterocycles. The van der Waals surface area contributed by atoms with Crippen molar-refractivity contribution >= 4 is 17.4 Å². The van der Waals surface area contributed by atoms with Crippen LogP contribution in [0.5, 0.6) is 0 Å². The molecule has 1 aliphatic rings. The summed E-state index contributed by atoms with van der Waals surface area (Å²) in [6.07, 6.45) is 0. The highest BCUT2D eigenvalue weighted by molar-refractivity contribution is 6.00. The third-order valence-corrected chi connectivity index (χ3v) is 3.43. The number of benzene rings is 2. The van der Waals surface area contributed by atoms with Gasteiger partial charge in [-0.2, -0.15) is 0 Å². The van der Waals surface area contributed by atoms with Gasteiger partial charge < -0.3 is 10.1 Å². The quantitative estimate of drug-likeness (QED) is 0.937. The van der Waals surface area contributed by atoms with Gasteiger partial charge in [-0.15, -0.1) is 0 Å². The second-order valence-corrected chi connectivity index (χ2v) is 4.72. The van der Waals surface area contributed by atoms with Gasteiger partial charge in [-0.1, -0.05) is 48.5 Å². The molecule has 2 amide bonds. The summed E-state index contributed by atoms with van der Waals surface area (Å²) in [7, 11) is 1.62. The number of hydrogen-bond acceptors (Lipinski definition) is 2. The number of para-hydroxylation sites is 1. The summed E-state index contributed by atoms with van der Waals surface area (Å²) in [4.78, 5) is 14.0. The van der Waals surface area contributed by atoms with Crippen molar-refractivity contribution < 1.29 is 9.53 Å². The lowest BCUT2D eigenvalue weighted by Crippen LogP contribution is -2.45. The van der Waals surface area contributed by atoms with E-state index in [4.69, 9.17) is 4.74 Å². The van der Waals surface area contributed by atoms with Gasteiger partial charge in [0.15, 0.2) is 0 Å². The first kappa shape index (κ1) is 13.2. The maximum Gasteiger partial charge on any atom is 0.326 e. The topological polar surface area (TPSA) is 41.6 Å². The SMILES string of the molecule is COC1=C(c2ccccc2)NC(=O)N(c2ccccc2)C1. The summed E-state index contributed by atoms with van der Waals surface area (Å²) >= 11 is 0. The summed E-state index contributed by atoms with van der Waals surface area (Å²) in [5.74, 6) is 0.740. The number of carbonyl (C=O) groups is 1. The summed E-state index contributed by atoms with van der Waals surface area (Å²) in [5.41, 5.74) is 2.52. The Morgan fingerprint density at radius 2 is 1.62 bits per heavy atom. The number of carbonyl (C=O) groups excluding carboxylic acids is 1. The smallest absolute Gasteiger partial charge is 0.326 e. The molecule has 0 aliphatic carbocycles. The molecule has 4 heteroatoms. The van der Waals surface area contributed by atoms with Crippen LogP contribution in [0.2, 0.25) is 0 Å². The largest absolute Gasteiger partial charge is 0.497 e. The summed E-state index contributed by atoms with van der Waals surface area (Å²) in [6, 6.07) is 19.1. The molecule has 21 heavy (non-hydrogen) atoms. The monoisotopic (exact) mass is 280 g/mol. The van der Waals surface area contributed by atoms with E-state index in [0.717, 1.165) is 22.7 Å². The maximum atomic E-state index is 12.4. The highest BCUT2D eigenvalue weighted by Gasteiger charge is 2.27. The zero-order valence-electron chi connectivity index (χ0n) is 11.7. The molecule has 1 heterocycles. The van der Waals surface area contributed by atoms with Gasteiger partial charge in [0.05, 0.1) is 19.4 Å².